The zero-order valence-corrected chi connectivity index (χ0v) is 10.0. The molecule has 0 saturated carbocycles. The zero-order valence-electron chi connectivity index (χ0n) is 9.23. The molecule has 15 heavy (non-hydrogen) atoms. The molecule has 1 N–H and O–H groups in total. The summed E-state index contributed by atoms with van der Waals surface area (Å²) in [4.78, 5) is 0. The predicted octanol–water partition coefficient (Wildman–Crippen LogP) is 0.951. The molecule has 5 nitrogen and oxygen atoms in total. The second-order valence-corrected chi connectivity index (χ2v) is 4.41. The first kappa shape index (κ1) is 12.2. The molecular weight excluding hydrogens is 210 g/mol. The molecule has 0 radical (unpaired) electrons. The average Bonchev–Trinajstić information content (AvgIpc) is 2.62. The van der Waals surface area contributed by atoms with Gasteiger partial charge in [0.25, 0.3) is 0 Å². The number of rotatable bonds is 7. The third-order valence-electron chi connectivity index (χ3n) is 1.83. The number of likely N-dealkylation sites (N-methyl/N-ethyl adjacent to an activating group) is 1. The Morgan fingerprint density at radius 2 is 2.40 bits per heavy atom. The van der Waals surface area contributed by atoms with Gasteiger partial charge in [-0.15, -0.1) is 11.7 Å². The van der Waals surface area contributed by atoms with Crippen LogP contribution >= 0.6 is 11.8 Å². The molecule has 0 aliphatic carbocycles. The van der Waals surface area contributed by atoms with E-state index >= 15 is 0 Å². The molecule has 1 rings (SSSR count). The van der Waals surface area contributed by atoms with Gasteiger partial charge in [-0.1, -0.05) is 17.3 Å². The maximum Gasteiger partial charge on any atom is 0.209 e. The molecule has 0 aromatic carbocycles. The second kappa shape index (κ2) is 6.58. The van der Waals surface area contributed by atoms with E-state index in [0.29, 0.717) is 0 Å². The Morgan fingerprint density at radius 1 is 1.60 bits per heavy atom. The Labute approximate surface area is 94.3 Å². The molecule has 0 unspecified atom stereocenters. The lowest BCUT2D eigenvalue weighted by Gasteiger charge is -2.03. The molecule has 0 amide bonds. The smallest absolute Gasteiger partial charge is 0.209 e. The Hall–Kier alpha value is -0.880. The summed E-state index contributed by atoms with van der Waals surface area (Å²) in [6.45, 7) is 7.58. The summed E-state index contributed by atoms with van der Waals surface area (Å²) in [5.74, 6) is 0.981. The number of thioether (sulfide) groups is 1. The van der Waals surface area contributed by atoms with Gasteiger partial charge in [-0.25, -0.2) is 4.68 Å². The van der Waals surface area contributed by atoms with Crippen LogP contribution in [0.2, 0.25) is 0 Å². The summed E-state index contributed by atoms with van der Waals surface area (Å²) in [6.07, 6.45) is 1.00. The second-order valence-electron chi connectivity index (χ2n) is 3.34. The summed E-state index contributed by atoms with van der Waals surface area (Å²) in [5, 5.41) is 15.5. The first-order valence-electron chi connectivity index (χ1n) is 4.92. The highest BCUT2D eigenvalue weighted by molar-refractivity contribution is 7.99. The molecule has 1 aromatic heterocycles. The van der Waals surface area contributed by atoms with Crippen molar-refractivity contribution in [3.8, 4) is 0 Å². The van der Waals surface area contributed by atoms with Crippen molar-refractivity contribution in [2.75, 3.05) is 19.3 Å². The van der Waals surface area contributed by atoms with Crippen molar-refractivity contribution in [3.63, 3.8) is 0 Å². The van der Waals surface area contributed by atoms with Crippen molar-refractivity contribution in [1.29, 1.82) is 0 Å². The van der Waals surface area contributed by atoms with Gasteiger partial charge in [0, 0.05) is 12.3 Å². The van der Waals surface area contributed by atoms with Crippen LogP contribution in [0.25, 0.3) is 0 Å². The lowest BCUT2D eigenvalue weighted by molar-refractivity contribution is 0.530. The topological polar surface area (TPSA) is 55.6 Å². The SMILES string of the molecule is C=C(C)CCSc1nnnn1CCNC. The third-order valence-corrected chi connectivity index (χ3v) is 2.79. The van der Waals surface area contributed by atoms with Crippen molar-refractivity contribution < 1.29 is 0 Å². The van der Waals surface area contributed by atoms with Crippen molar-refractivity contribution in [3.05, 3.63) is 12.2 Å². The molecule has 1 heterocycles. The number of nitrogens with zero attached hydrogens (tertiary/aromatic N) is 4. The van der Waals surface area contributed by atoms with Crippen LogP contribution in [0.4, 0.5) is 0 Å². The molecule has 0 saturated heterocycles. The largest absolute Gasteiger partial charge is 0.318 e. The summed E-state index contributed by atoms with van der Waals surface area (Å²) >= 11 is 1.67. The van der Waals surface area contributed by atoms with Crippen molar-refractivity contribution >= 4 is 11.8 Å². The number of tetrazole rings is 1. The maximum absolute atomic E-state index is 3.97. The van der Waals surface area contributed by atoms with Crippen molar-refractivity contribution in [2.24, 2.45) is 0 Å². The van der Waals surface area contributed by atoms with Crippen molar-refractivity contribution in [1.82, 2.24) is 25.5 Å². The van der Waals surface area contributed by atoms with Crippen LogP contribution in [0, 0.1) is 0 Å². The quantitative estimate of drug-likeness (QED) is 0.555. The van der Waals surface area contributed by atoms with E-state index in [1.165, 1.54) is 5.57 Å². The summed E-state index contributed by atoms with van der Waals surface area (Å²) in [7, 11) is 1.91. The molecule has 0 fully saturated rings. The van der Waals surface area contributed by atoms with Gasteiger partial charge >= 0.3 is 0 Å². The molecule has 1 aromatic rings. The van der Waals surface area contributed by atoms with Crippen LogP contribution in [-0.4, -0.2) is 39.6 Å². The summed E-state index contributed by atoms with van der Waals surface area (Å²) in [5.41, 5.74) is 1.19. The number of hydrogen-bond acceptors (Lipinski definition) is 5. The predicted molar refractivity (Wildman–Crippen MR) is 61.9 cm³/mol. The Morgan fingerprint density at radius 3 is 3.07 bits per heavy atom. The van der Waals surface area contributed by atoms with Gasteiger partial charge in [0.1, 0.15) is 0 Å². The molecule has 0 bridgehead atoms. The van der Waals surface area contributed by atoms with Gasteiger partial charge in [0.05, 0.1) is 6.54 Å². The highest BCUT2D eigenvalue weighted by Gasteiger charge is 2.05. The zero-order chi connectivity index (χ0) is 11.1. The summed E-state index contributed by atoms with van der Waals surface area (Å²) < 4.78 is 1.82. The Kier molecular flexibility index (Phi) is 5.34. The monoisotopic (exact) mass is 227 g/mol. The Balaban J connectivity index is 2.39. The molecule has 0 aliphatic rings. The molecule has 6 heteroatoms. The van der Waals surface area contributed by atoms with E-state index < -0.39 is 0 Å². The van der Waals surface area contributed by atoms with Crippen LogP contribution < -0.4 is 5.32 Å². The first-order valence-corrected chi connectivity index (χ1v) is 5.90. The van der Waals surface area contributed by atoms with Crippen molar-refractivity contribution in [2.45, 2.75) is 25.0 Å². The molecule has 0 spiro atoms. The highest BCUT2D eigenvalue weighted by atomic mass is 32.2. The minimum absolute atomic E-state index is 0.804. The van der Waals surface area contributed by atoms with Gasteiger partial charge in [-0.3, -0.25) is 0 Å². The average molecular weight is 227 g/mol. The molecule has 84 valence electrons. The summed E-state index contributed by atoms with van der Waals surface area (Å²) in [6, 6.07) is 0. The minimum atomic E-state index is 0.804. The molecule has 0 aliphatic heterocycles. The minimum Gasteiger partial charge on any atom is -0.318 e. The normalized spacial score (nSPS) is 10.5. The fourth-order valence-corrected chi connectivity index (χ4v) is 1.98. The van der Waals surface area contributed by atoms with E-state index in [4.69, 9.17) is 0 Å². The number of nitrogens with one attached hydrogen (secondary N) is 1. The van der Waals surface area contributed by atoms with Gasteiger partial charge in [-0.05, 0) is 30.8 Å². The third kappa shape index (κ3) is 4.44. The van der Waals surface area contributed by atoms with E-state index in [-0.39, 0.29) is 0 Å². The van der Waals surface area contributed by atoms with Gasteiger partial charge in [0.15, 0.2) is 0 Å². The highest BCUT2D eigenvalue weighted by Crippen LogP contribution is 2.16. The lowest BCUT2D eigenvalue weighted by Crippen LogP contribution is -2.16. The number of aromatic nitrogens is 4. The van der Waals surface area contributed by atoms with Crippen LogP contribution in [0.3, 0.4) is 0 Å². The van der Waals surface area contributed by atoms with Crippen LogP contribution in [0.1, 0.15) is 13.3 Å². The van der Waals surface area contributed by atoms with Crippen LogP contribution in [-0.2, 0) is 6.54 Å². The van der Waals surface area contributed by atoms with Crippen LogP contribution in [0.5, 0.6) is 0 Å². The fraction of sp³-hybridized carbons (Fsp3) is 0.667. The van der Waals surface area contributed by atoms with Gasteiger partial charge in [-0.2, -0.15) is 0 Å². The van der Waals surface area contributed by atoms with Gasteiger partial charge in [0.2, 0.25) is 5.16 Å². The van der Waals surface area contributed by atoms with E-state index in [2.05, 4.69) is 27.4 Å². The van der Waals surface area contributed by atoms with E-state index in [0.717, 1.165) is 30.4 Å². The van der Waals surface area contributed by atoms with Gasteiger partial charge < -0.3 is 5.32 Å². The van der Waals surface area contributed by atoms with Crippen LogP contribution in [0.15, 0.2) is 17.3 Å². The maximum atomic E-state index is 3.97. The first-order chi connectivity index (χ1) is 7.24. The van der Waals surface area contributed by atoms with E-state index in [1.54, 1.807) is 11.8 Å². The lowest BCUT2D eigenvalue weighted by atomic mass is 10.3. The van der Waals surface area contributed by atoms with E-state index in [9.17, 15) is 0 Å². The standard InChI is InChI=1S/C9H17N5S/c1-8(2)4-7-15-9-11-12-13-14(9)6-5-10-3/h10H,1,4-7H2,2-3H3. The fourth-order valence-electron chi connectivity index (χ4n) is 0.974. The van der Waals surface area contributed by atoms with E-state index in [1.807, 2.05) is 18.7 Å². The molecule has 0 atom stereocenters. The number of hydrogen-bond donors (Lipinski definition) is 1. The molecular formula is C9H17N5S. The Bertz CT molecular complexity index is 309. The number of allylic oxidation sites excluding steroid dienone is 1.